The van der Waals surface area contributed by atoms with Crippen molar-refractivity contribution in [1.29, 1.82) is 0 Å². The first kappa shape index (κ1) is 13.9. The van der Waals surface area contributed by atoms with Gasteiger partial charge in [0.1, 0.15) is 0 Å². The Balaban J connectivity index is 2.67. The third-order valence-electron chi connectivity index (χ3n) is 2.47. The van der Waals surface area contributed by atoms with E-state index in [9.17, 15) is 13.2 Å². The van der Waals surface area contributed by atoms with E-state index < -0.39 is 11.9 Å². The van der Waals surface area contributed by atoms with Gasteiger partial charge >= 0.3 is 6.18 Å². The van der Waals surface area contributed by atoms with Crippen molar-refractivity contribution in [2.24, 2.45) is 0 Å². The summed E-state index contributed by atoms with van der Waals surface area (Å²) >= 11 is 0. The van der Waals surface area contributed by atoms with Crippen molar-refractivity contribution in [3.8, 4) is 5.88 Å². The zero-order valence-electron chi connectivity index (χ0n) is 10.0. The van der Waals surface area contributed by atoms with Crippen molar-refractivity contribution in [2.75, 3.05) is 7.11 Å². The van der Waals surface area contributed by atoms with Gasteiger partial charge in [-0.05, 0) is 6.42 Å². The van der Waals surface area contributed by atoms with Crippen LogP contribution in [0.3, 0.4) is 0 Å². The first-order valence-corrected chi connectivity index (χ1v) is 5.68. The number of rotatable bonds is 6. The number of unbranched alkanes of at least 4 members (excludes halogenated alkanes) is 3. The number of hydrogen-bond acceptors (Lipinski definition) is 2. The van der Waals surface area contributed by atoms with Crippen LogP contribution in [0.25, 0.3) is 0 Å². The minimum absolute atomic E-state index is 0.161. The minimum atomic E-state index is -4.41. The number of nitrogens with zero attached hydrogens (tertiary/aromatic N) is 2. The van der Waals surface area contributed by atoms with E-state index in [0.717, 1.165) is 31.7 Å². The number of aryl methyl sites for hydroxylation is 1. The first-order chi connectivity index (χ1) is 7.99. The molecule has 0 atom stereocenters. The van der Waals surface area contributed by atoms with Gasteiger partial charge in [0.25, 0.3) is 0 Å². The molecule has 0 aliphatic heterocycles. The fraction of sp³-hybridized carbons (Fsp3) is 0.727. The zero-order valence-corrected chi connectivity index (χ0v) is 10.0. The summed E-state index contributed by atoms with van der Waals surface area (Å²) in [7, 11) is 1.35. The summed E-state index contributed by atoms with van der Waals surface area (Å²) in [5.74, 6) is 0.161. The number of halogens is 3. The Morgan fingerprint density at radius 1 is 1.29 bits per heavy atom. The Labute approximate surface area is 98.6 Å². The molecule has 1 rings (SSSR count). The summed E-state index contributed by atoms with van der Waals surface area (Å²) in [6.45, 7) is 2.54. The van der Waals surface area contributed by atoms with E-state index in [4.69, 9.17) is 4.74 Å². The molecule has 0 N–H and O–H groups in total. The molecule has 0 spiro atoms. The predicted octanol–water partition coefficient (Wildman–Crippen LogP) is 3.49. The molecule has 0 saturated carbocycles. The van der Waals surface area contributed by atoms with Crippen LogP contribution in [-0.2, 0) is 12.7 Å². The molecule has 0 fully saturated rings. The predicted molar refractivity (Wildman–Crippen MR) is 57.9 cm³/mol. The number of hydrogen-bond donors (Lipinski definition) is 0. The molecule has 0 aliphatic rings. The van der Waals surface area contributed by atoms with Gasteiger partial charge in [-0.25, -0.2) is 4.68 Å². The van der Waals surface area contributed by atoms with Crippen molar-refractivity contribution in [3.63, 3.8) is 0 Å². The van der Waals surface area contributed by atoms with Crippen LogP contribution in [-0.4, -0.2) is 16.9 Å². The molecule has 1 aromatic heterocycles. The Hall–Kier alpha value is -1.20. The summed E-state index contributed by atoms with van der Waals surface area (Å²) in [5.41, 5.74) is -0.898. The maximum Gasteiger partial charge on any atom is 0.435 e. The van der Waals surface area contributed by atoms with E-state index >= 15 is 0 Å². The molecule has 0 amide bonds. The summed E-state index contributed by atoms with van der Waals surface area (Å²) in [6.07, 6.45) is -0.453. The SMILES string of the molecule is CCCCCCn1nc(C(F)(F)F)cc1OC. The Kier molecular flexibility index (Phi) is 4.84. The van der Waals surface area contributed by atoms with E-state index in [0.29, 0.717) is 6.54 Å². The number of methoxy groups -OCH3 is 1. The Morgan fingerprint density at radius 2 is 2.00 bits per heavy atom. The highest BCUT2D eigenvalue weighted by molar-refractivity contribution is 5.18. The Morgan fingerprint density at radius 3 is 2.53 bits per heavy atom. The van der Waals surface area contributed by atoms with Crippen LogP contribution in [0.2, 0.25) is 0 Å². The quantitative estimate of drug-likeness (QED) is 0.722. The number of alkyl halides is 3. The largest absolute Gasteiger partial charge is 0.481 e. The van der Waals surface area contributed by atoms with Crippen LogP contribution >= 0.6 is 0 Å². The molecule has 0 aliphatic carbocycles. The van der Waals surface area contributed by atoms with Gasteiger partial charge in [-0.2, -0.15) is 18.3 Å². The number of aromatic nitrogens is 2. The fourth-order valence-corrected chi connectivity index (χ4v) is 1.55. The highest BCUT2D eigenvalue weighted by atomic mass is 19.4. The lowest BCUT2D eigenvalue weighted by Crippen LogP contribution is -2.08. The molecule has 0 aromatic carbocycles. The van der Waals surface area contributed by atoms with Crippen LogP contribution in [0.15, 0.2) is 6.07 Å². The van der Waals surface area contributed by atoms with E-state index in [1.165, 1.54) is 11.8 Å². The lowest BCUT2D eigenvalue weighted by molar-refractivity contribution is -0.141. The van der Waals surface area contributed by atoms with E-state index in [1.807, 2.05) is 0 Å². The van der Waals surface area contributed by atoms with E-state index in [1.54, 1.807) is 0 Å². The smallest absolute Gasteiger partial charge is 0.435 e. The minimum Gasteiger partial charge on any atom is -0.481 e. The van der Waals surface area contributed by atoms with Crippen LogP contribution in [0.4, 0.5) is 13.2 Å². The van der Waals surface area contributed by atoms with Gasteiger partial charge < -0.3 is 4.74 Å². The second-order valence-corrected chi connectivity index (χ2v) is 3.85. The average Bonchev–Trinajstić information content (AvgIpc) is 2.67. The van der Waals surface area contributed by atoms with Gasteiger partial charge in [0.15, 0.2) is 5.69 Å². The van der Waals surface area contributed by atoms with Gasteiger partial charge in [-0.1, -0.05) is 26.2 Å². The number of ether oxygens (including phenoxy) is 1. The third kappa shape index (κ3) is 3.94. The molecule has 3 nitrogen and oxygen atoms in total. The second kappa shape index (κ2) is 5.93. The van der Waals surface area contributed by atoms with Crippen molar-refractivity contribution in [1.82, 2.24) is 9.78 Å². The molecule has 17 heavy (non-hydrogen) atoms. The highest BCUT2D eigenvalue weighted by Crippen LogP contribution is 2.30. The molecule has 0 bridgehead atoms. The third-order valence-corrected chi connectivity index (χ3v) is 2.47. The van der Waals surface area contributed by atoms with Crippen LogP contribution in [0.5, 0.6) is 5.88 Å². The highest BCUT2D eigenvalue weighted by Gasteiger charge is 2.35. The van der Waals surface area contributed by atoms with Crippen molar-refractivity contribution >= 4 is 0 Å². The van der Waals surface area contributed by atoms with E-state index in [-0.39, 0.29) is 5.88 Å². The van der Waals surface area contributed by atoms with Gasteiger partial charge in [0.05, 0.1) is 7.11 Å². The maximum atomic E-state index is 12.4. The second-order valence-electron chi connectivity index (χ2n) is 3.85. The molecular weight excluding hydrogens is 233 g/mol. The van der Waals surface area contributed by atoms with Gasteiger partial charge in [-0.15, -0.1) is 0 Å². The van der Waals surface area contributed by atoms with Gasteiger partial charge in [0.2, 0.25) is 5.88 Å². The molecule has 6 heteroatoms. The normalized spacial score (nSPS) is 11.8. The Bertz CT molecular complexity index is 347. The lowest BCUT2D eigenvalue weighted by Gasteiger charge is -2.05. The van der Waals surface area contributed by atoms with Gasteiger partial charge in [0, 0.05) is 12.6 Å². The first-order valence-electron chi connectivity index (χ1n) is 5.68. The summed E-state index contributed by atoms with van der Waals surface area (Å²) in [6, 6.07) is 0.930. The summed E-state index contributed by atoms with van der Waals surface area (Å²) < 4.78 is 43.4. The van der Waals surface area contributed by atoms with E-state index in [2.05, 4.69) is 12.0 Å². The molecule has 1 heterocycles. The molecule has 0 unspecified atom stereocenters. The fourth-order valence-electron chi connectivity index (χ4n) is 1.55. The van der Waals surface area contributed by atoms with Crippen LogP contribution in [0.1, 0.15) is 38.3 Å². The topological polar surface area (TPSA) is 27.1 Å². The van der Waals surface area contributed by atoms with Crippen LogP contribution in [0, 0.1) is 0 Å². The average molecular weight is 250 g/mol. The molecule has 1 aromatic rings. The zero-order chi connectivity index (χ0) is 12.9. The van der Waals surface area contributed by atoms with Crippen molar-refractivity contribution in [3.05, 3.63) is 11.8 Å². The van der Waals surface area contributed by atoms with Crippen LogP contribution < -0.4 is 4.74 Å². The molecular formula is C11H17F3N2O. The summed E-state index contributed by atoms with van der Waals surface area (Å²) in [4.78, 5) is 0. The summed E-state index contributed by atoms with van der Waals surface area (Å²) in [5, 5.41) is 3.52. The maximum absolute atomic E-state index is 12.4. The monoisotopic (exact) mass is 250 g/mol. The standard InChI is InChI=1S/C11H17F3N2O/c1-3-4-5-6-7-16-10(17-2)8-9(15-16)11(12,13)14/h8H,3-7H2,1-2H3. The molecule has 0 saturated heterocycles. The molecule has 98 valence electrons. The molecule has 0 radical (unpaired) electrons. The van der Waals surface area contributed by atoms with Crippen molar-refractivity contribution < 1.29 is 17.9 Å². The van der Waals surface area contributed by atoms with Gasteiger partial charge in [-0.3, -0.25) is 0 Å². The lowest BCUT2D eigenvalue weighted by atomic mass is 10.2. The van der Waals surface area contributed by atoms with Crippen molar-refractivity contribution in [2.45, 2.75) is 45.3 Å².